The summed E-state index contributed by atoms with van der Waals surface area (Å²) in [5.74, 6) is -0.263. The molecule has 0 saturated heterocycles. The molecule has 4 aromatic rings. The van der Waals surface area contributed by atoms with Gasteiger partial charge in [0.15, 0.2) is 16.9 Å². The zero-order chi connectivity index (χ0) is 24.3. The van der Waals surface area contributed by atoms with Crippen molar-refractivity contribution in [2.75, 3.05) is 6.79 Å². The van der Waals surface area contributed by atoms with Crippen LogP contribution in [0.15, 0.2) is 69.9 Å². The van der Waals surface area contributed by atoms with Crippen LogP contribution in [0.2, 0.25) is 0 Å². The van der Waals surface area contributed by atoms with E-state index in [1.807, 2.05) is 0 Å². The molecule has 0 radical (unpaired) electrons. The lowest BCUT2D eigenvalue weighted by Crippen LogP contribution is -2.29. The topological polar surface area (TPSA) is 112 Å². The van der Waals surface area contributed by atoms with Crippen LogP contribution in [0.5, 0.6) is 11.5 Å². The van der Waals surface area contributed by atoms with Crippen molar-refractivity contribution in [2.45, 2.75) is 12.6 Å². The molecular weight excluding hydrogens is 459 g/mol. The quantitative estimate of drug-likeness (QED) is 0.320. The second kappa shape index (κ2) is 7.66. The standard InChI is InChI=1S/C25H15FN2O7/c26-15-5-7-18-17(10-15)23(29)21-22(14-2-1-3-16(9-14)28(31)32)27(25(30)24(21)35-18)11-13-4-6-19-20(8-13)34-12-33-19/h1-10,22H,11-12H2. The Morgan fingerprint density at radius 3 is 2.69 bits per heavy atom. The van der Waals surface area contributed by atoms with Crippen molar-refractivity contribution in [1.29, 1.82) is 0 Å². The number of nitrogens with zero attached hydrogens (tertiary/aromatic N) is 2. The van der Waals surface area contributed by atoms with Gasteiger partial charge in [0.2, 0.25) is 12.6 Å². The van der Waals surface area contributed by atoms with Gasteiger partial charge in [-0.05, 0) is 41.5 Å². The Balaban J connectivity index is 1.54. The van der Waals surface area contributed by atoms with Gasteiger partial charge in [0.25, 0.3) is 11.6 Å². The number of hydrogen-bond donors (Lipinski definition) is 0. The average Bonchev–Trinajstić information content (AvgIpc) is 3.42. The molecule has 9 nitrogen and oxygen atoms in total. The van der Waals surface area contributed by atoms with E-state index in [4.69, 9.17) is 13.9 Å². The van der Waals surface area contributed by atoms with E-state index in [2.05, 4.69) is 0 Å². The number of carbonyl (C=O) groups is 1. The molecule has 10 heteroatoms. The highest BCUT2D eigenvalue weighted by molar-refractivity contribution is 5.99. The van der Waals surface area contributed by atoms with Crippen molar-refractivity contribution in [3.05, 3.63) is 109 Å². The smallest absolute Gasteiger partial charge is 0.291 e. The Hall–Kier alpha value is -4.73. The van der Waals surface area contributed by atoms with Crippen LogP contribution >= 0.6 is 0 Å². The summed E-state index contributed by atoms with van der Waals surface area (Å²) in [6, 6.07) is 13.4. The highest BCUT2D eigenvalue weighted by Gasteiger charge is 2.43. The number of non-ortho nitro benzene ring substituents is 1. The summed E-state index contributed by atoms with van der Waals surface area (Å²) >= 11 is 0. The largest absolute Gasteiger partial charge is 0.454 e. The Labute approximate surface area is 196 Å². The zero-order valence-electron chi connectivity index (χ0n) is 17.9. The molecule has 1 unspecified atom stereocenters. The molecule has 1 aromatic heterocycles. The Bertz CT molecular complexity index is 1610. The summed E-state index contributed by atoms with van der Waals surface area (Å²) in [7, 11) is 0. The first-order valence-corrected chi connectivity index (χ1v) is 10.6. The highest BCUT2D eigenvalue weighted by atomic mass is 19.1. The molecule has 2 aliphatic heterocycles. The van der Waals surface area contributed by atoms with Gasteiger partial charge in [-0.25, -0.2) is 4.39 Å². The zero-order valence-corrected chi connectivity index (χ0v) is 17.9. The van der Waals surface area contributed by atoms with Crippen LogP contribution in [0.25, 0.3) is 11.0 Å². The minimum absolute atomic E-state index is 0.00865. The van der Waals surface area contributed by atoms with Crippen LogP contribution in [-0.4, -0.2) is 22.5 Å². The predicted octanol–water partition coefficient (Wildman–Crippen LogP) is 4.31. The maximum atomic E-state index is 13.9. The van der Waals surface area contributed by atoms with Crippen LogP contribution in [0, 0.1) is 15.9 Å². The maximum Gasteiger partial charge on any atom is 0.291 e. The van der Waals surface area contributed by atoms with E-state index < -0.39 is 28.1 Å². The van der Waals surface area contributed by atoms with E-state index in [0.717, 1.165) is 12.1 Å². The molecule has 35 heavy (non-hydrogen) atoms. The third-order valence-corrected chi connectivity index (χ3v) is 6.11. The van der Waals surface area contributed by atoms with Crippen molar-refractivity contribution >= 4 is 22.6 Å². The van der Waals surface area contributed by atoms with Crippen LogP contribution in [0.1, 0.15) is 33.3 Å². The van der Waals surface area contributed by atoms with Gasteiger partial charge in [-0.2, -0.15) is 0 Å². The molecule has 0 saturated carbocycles. The minimum atomic E-state index is -0.980. The molecule has 0 fully saturated rings. The van der Waals surface area contributed by atoms with Crippen LogP contribution in [0.3, 0.4) is 0 Å². The molecule has 2 aliphatic rings. The summed E-state index contributed by atoms with van der Waals surface area (Å²) in [6.07, 6.45) is 0. The van der Waals surface area contributed by atoms with E-state index in [-0.39, 0.29) is 41.3 Å². The molecule has 3 heterocycles. The number of hydrogen-bond acceptors (Lipinski definition) is 7. The number of fused-ring (bicyclic) bond motifs is 3. The molecule has 3 aromatic carbocycles. The number of benzene rings is 3. The van der Waals surface area contributed by atoms with Gasteiger partial charge >= 0.3 is 0 Å². The normalized spacial score (nSPS) is 16.1. The van der Waals surface area contributed by atoms with Gasteiger partial charge in [0.1, 0.15) is 11.4 Å². The first-order chi connectivity index (χ1) is 16.9. The van der Waals surface area contributed by atoms with Gasteiger partial charge < -0.3 is 18.8 Å². The molecule has 0 aliphatic carbocycles. The molecule has 0 spiro atoms. The second-order valence-electron chi connectivity index (χ2n) is 8.19. The number of halogens is 1. The third kappa shape index (κ3) is 3.30. The highest BCUT2D eigenvalue weighted by Crippen LogP contribution is 2.41. The number of ether oxygens (including phenoxy) is 2. The molecule has 174 valence electrons. The first kappa shape index (κ1) is 20.8. The Morgan fingerprint density at radius 2 is 1.86 bits per heavy atom. The van der Waals surface area contributed by atoms with Crippen LogP contribution in [0.4, 0.5) is 10.1 Å². The summed E-state index contributed by atoms with van der Waals surface area (Å²) in [6.45, 7) is 0.141. The fraction of sp³-hybridized carbons (Fsp3) is 0.120. The molecule has 1 atom stereocenters. The number of carbonyl (C=O) groups excluding carboxylic acids is 1. The van der Waals surface area contributed by atoms with Gasteiger partial charge in [0, 0.05) is 18.7 Å². The Kier molecular flexibility index (Phi) is 4.56. The first-order valence-electron chi connectivity index (χ1n) is 10.6. The van der Waals surface area contributed by atoms with E-state index in [1.165, 1.54) is 29.2 Å². The predicted molar refractivity (Wildman–Crippen MR) is 120 cm³/mol. The molecule has 6 rings (SSSR count). The lowest BCUT2D eigenvalue weighted by atomic mass is 9.97. The number of nitro benzene ring substituents is 1. The summed E-state index contributed by atoms with van der Waals surface area (Å²) in [5.41, 5.74) is 0.367. The van der Waals surface area contributed by atoms with Crippen molar-refractivity contribution in [1.82, 2.24) is 4.90 Å². The second-order valence-corrected chi connectivity index (χ2v) is 8.19. The lowest BCUT2D eigenvalue weighted by Gasteiger charge is -2.25. The summed E-state index contributed by atoms with van der Waals surface area (Å²) in [5, 5.41) is 11.4. The van der Waals surface area contributed by atoms with Crippen molar-refractivity contribution in [3.8, 4) is 11.5 Å². The molecule has 1 amide bonds. The average molecular weight is 474 g/mol. The monoisotopic (exact) mass is 474 g/mol. The van der Waals surface area contributed by atoms with Crippen molar-refractivity contribution < 1.29 is 28.0 Å². The number of amides is 1. The minimum Gasteiger partial charge on any atom is -0.454 e. The number of nitro groups is 1. The van der Waals surface area contributed by atoms with E-state index in [1.54, 1.807) is 24.3 Å². The van der Waals surface area contributed by atoms with E-state index in [9.17, 15) is 24.1 Å². The number of rotatable bonds is 4. The van der Waals surface area contributed by atoms with Gasteiger partial charge in [0.05, 0.1) is 21.9 Å². The summed E-state index contributed by atoms with van der Waals surface area (Å²) in [4.78, 5) is 39.3. The van der Waals surface area contributed by atoms with Crippen molar-refractivity contribution in [3.63, 3.8) is 0 Å². The molecule has 0 N–H and O–H groups in total. The van der Waals surface area contributed by atoms with Crippen LogP contribution in [-0.2, 0) is 6.54 Å². The maximum absolute atomic E-state index is 13.9. The van der Waals surface area contributed by atoms with Gasteiger partial charge in [-0.1, -0.05) is 18.2 Å². The van der Waals surface area contributed by atoms with Crippen molar-refractivity contribution in [2.24, 2.45) is 0 Å². The Morgan fingerprint density at radius 1 is 1.03 bits per heavy atom. The van der Waals surface area contributed by atoms with Crippen LogP contribution < -0.4 is 14.9 Å². The van der Waals surface area contributed by atoms with E-state index >= 15 is 0 Å². The SMILES string of the molecule is O=C1c2oc3ccc(F)cc3c(=O)c2C(c2cccc([N+](=O)[O-])c2)N1Cc1ccc2c(c1)OCO2. The molecule has 0 bridgehead atoms. The molecular formula is C25H15FN2O7. The fourth-order valence-corrected chi connectivity index (χ4v) is 4.55. The van der Waals surface area contributed by atoms with Gasteiger partial charge in [-0.15, -0.1) is 0 Å². The third-order valence-electron chi connectivity index (χ3n) is 6.11. The van der Waals surface area contributed by atoms with E-state index in [0.29, 0.717) is 22.6 Å². The fourth-order valence-electron chi connectivity index (χ4n) is 4.55. The summed E-state index contributed by atoms with van der Waals surface area (Å²) < 4.78 is 30.5. The van der Waals surface area contributed by atoms with Gasteiger partial charge in [-0.3, -0.25) is 19.7 Å². The lowest BCUT2D eigenvalue weighted by molar-refractivity contribution is -0.384.